The average molecular weight is 740 g/mol. The van der Waals surface area contributed by atoms with Crippen LogP contribution in [-0.4, -0.2) is 84.7 Å². The second-order valence-electron chi connectivity index (χ2n) is 16.2. The summed E-state index contributed by atoms with van der Waals surface area (Å²) < 4.78 is 39.3. The second kappa shape index (κ2) is 13.5. The zero-order valence-corrected chi connectivity index (χ0v) is 30.9. The number of fused-ring (bicyclic) bond motifs is 2. The van der Waals surface area contributed by atoms with Gasteiger partial charge < -0.3 is 24.5 Å². The Hall–Kier alpha value is -4.78. The third-order valence-corrected chi connectivity index (χ3v) is 12.8. The molecular formula is C41H47F2N7O4. The quantitative estimate of drug-likeness (QED) is 0.207. The molecule has 1 spiro atoms. The van der Waals surface area contributed by atoms with Gasteiger partial charge >= 0.3 is 5.97 Å². The van der Waals surface area contributed by atoms with Crippen molar-refractivity contribution in [2.75, 3.05) is 31.1 Å². The molecule has 1 amide bonds. The zero-order chi connectivity index (χ0) is 37.3. The number of amides is 1. The molecule has 3 fully saturated rings. The molecule has 0 unspecified atom stereocenters. The molecule has 5 aliphatic rings. The number of benzene rings is 2. The van der Waals surface area contributed by atoms with Crippen LogP contribution >= 0.6 is 0 Å². The number of halogens is 2. The van der Waals surface area contributed by atoms with E-state index >= 15 is 0 Å². The van der Waals surface area contributed by atoms with Gasteiger partial charge in [-0.05, 0) is 104 Å². The number of aromatic nitrogens is 4. The monoisotopic (exact) mass is 739 g/mol. The summed E-state index contributed by atoms with van der Waals surface area (Å²) in [5.74, 6) is 0.628. The highest BCUT2D eigenvalue weighted by Crippen LogP contribution is 2.58. The van der Waals surface area contributed by atoms with E-state index in [4.69, 9.17) is 14.9 Å². The second-order valence-corrected chi connectivity index (χ2v) is 16.2. The van der Waals surface area contributed by atoms with Crippen LogP contribution in [0.5, 0.6) is 5.75 Å². The van der Waals surface area contributed by atoms with Gasteiger partial charge in [0.1, 0.15) is 5.75 Å². The first-order chi connectivity index (χ1) is 26.0. The van der Waals surface area contributed by atoms with E-state index in [-0.39, 0.29) is 29.2 Å². The lowest BCUT2D eigenvalue weighted by molar-refractivity contribution is -0.129. The predicted molar refractivity (Wildman–Crippen MR) is 198 cm³/mol. The van der Waals surface area contributed by atoms with Crippen LogP contribution in [0.3, 0.4) is 0 Å². The van der Waals surface area contributed by atoms with Crippen molar-refractivity contribution in [2.24, 2.45) is 12.5 Å². The van der Waals surface area contributed by atoms with E-state index in [0.717, 1.165) is 86.4 Å². The van der Waals surface area contributed by atoms with Gasteiger partial charge in [0, 0.05) is 86.9 Å². The van der Waals surface area contributed by atoms with Gasteiger partial charge in [-0.1, -0.05) is 0 Å². The molecule has 9 rings (SSSR count). The van der Waals surface area contributed by atoms with Crippen LogP contribution in [0.4, 0.5) is 20.3 Å². The minimum absolute atomic E-state index is 0.00492. The molecular weight excluding hydrogens is 692 g/mol. The standard InChI is InChI=1S/C41H47F2N7O4/c1-25(51)48-15-11-36-35(24-48)39(49-12-3-4-27-16-33(28-22-44-46(2)23-28)34(38(42)43)17-37(27)49)45-50(36)29-9-13-47(14-10-29)30-18-41(19-30)20-32(21-41)54-31-7-5-26(6-8-31)40(52)53/h5-8,16-17,22-23,29-30,32,38H,3-4,9-15,18-21,24H2,1-2H3,(H,52,53). The summed E-state index contributed by atoms with van der Waals surface area (Å²) in [6, 6.07) is 11.1. The predicted octanol–water partition coefficient (Wildman–Crippen LogP) is 6.94. The molecule has 2 saturated carbocycles. The lowest BCUT2D eigenvalue weighted by Gasteiger charge is -2.60. The molecule has 0 atom stereocenters. The Morgan fingerprint density at radius 1 is 0.981 bits per heavy atom. The van der Waals surface area contributed by atoms with Crippen LogP contribution in [0.2, 0.25) is 0 Å². The Kier molecular flexibility index (Phi) is 8.74. The third kappa shape index (κ3) is 6.23. The molecule has 0 bridgehead atoms. The number of carboxylic acid groups (broad SMARTS) is 1. The topological polar surface area (TPSA) is 109 Å². The summed E-state index contributed by atoms with van der Waals surface area (Å²) in [5.41, 5.74) is 5.85. The molecule has 54 heavy (non-hydrogen) atoms. The number of aryl methyl sites for hydroxylation is 2. The zero-order valence-electron chi connectivity index (χ0n) is 30.9. The number of anilines is 2. The minimum Gasteiger partial charge on any atom is -0.490 e. The van der Waals surface area contributed by atoms with E-state index in [0.29, 0.717) is 42.2 Å². The van der Waals surface area contributed by atoms with Crippen molar-refractivity contribution in [3.05, 3.63) is 76.7 Å². The number of carbonyl (C=O) groups is 2. The Bertz CT molecular complexity index is 2070. The van der Waals surface area contributed by atoms with E-state index in [2.05, 4.69) is 19.6 Å². The minimum atomic E-state index is -2.64. The van der Waals surface area contributed by atoms with Crippen LogP contribution in [0.25, 0.3) is 11.1 Å². The molecule has 0 radical (unpaired) electrons. The molecule has 2 aliphatic carbocycles. The van der Waals surface area contributed by atoms with Gasteiger partial charge in [-0.2, -0.15) is 10.2 Å². The molecule has 2 aromatic carbocycles. The number of alkyl halides is 2. The highest BCUT2D eigenvalue weighted by atomic mass is 19.3. The first-order valence-electron chi connectivity index (χ1n) is 19.4. The normalized spacial score (nSPS) is 24.2. The number of carbonyl (C=O) groups excluding carboxylic acids is 1. The van der Waals surface area contributed by atoms with Gasteiger partial charge in [-0.3, -0.25) is 14.2 Å². The fourth-order valence-electron chi connectivity index (χ4n) is 9.96. The molecule has 2 aromatic heterocycles. The molecule has 1 saturated heterocycles. The van der Waals surface area contributed by atoms with Crippen LogP contribution in [-0.2, 0) is 31.2 Å². The summed E-state index contributed by atoms with van der Waals surface area (Å²) in [6.45, 7) is 5.42. The van der Waals surface area contributed by atoms with Gasteiger partial charge in [0.15, 0.2) is 5.82 Å². The van der Waals surface area contributed by atoms with E-state index in [1.54, 1.807) is 61.4 Å². The highest BCUT2D eigenvalue weighted by Gasteiger charge is 2.55. The fourth-order valence-corrected chi connectivity index (χ4v) is 9.96. The number of nitrogens with zero attached hydrogens (tertiary/aromatic N) is 7. The van der Waals surface area contributed by atoms with Gasteiger partial charge in [0.25, 0.3) is 6.43 Å². The lowest BCUT2D eigenvalue weighted by Crippen LogP contribution is -2.59. The maximum Gasteiger partial charge on any atom is 0.335 e. The SMILES string of the molecule is CC(=O)N1CCc2c(c(N3CCCc4cc(-c5cnn(C)c5)c(C(F)F)cc43)nn2C2CCN(C3CC4(CC(Oc5ccc(C(=O)O)cc5)C4)C3)CC2)C1. The number of ether oxygens (including phenoxy) is 1. The van der Waals surface area contributed by atoms with E-state index in [1.807, 2.05) is 11.0 Å². The molecule has 11 nitrogen and oxygen atoms in total. The number of hydrogen-bond acceptors (Lipinski definition) is 7. The van der Waals surface area contributed by atoms with Crippen molar-refractivity contribution in [2.45, 2.75) is 95.9 Å². The average Bonchev–Trinajstić information content (AvgIpc) is 3.75. The molecule has 4 aromatic rings. The van der Waals surface area contributed by atoms with Gasteiger partial charge in [-0.25, -0.2) is 13.6 Å². The summed E-state index contributed by atoms with van der Waals surface area (Å²) in [6.07, 6.45) is 9.81. The smallest absolute Gasteiger partial charge is 0.335 e. The van der Waals surface area contributed by atoms with Crippen molar-refractivity contribution in [1.29, 1.82) is 0 Å². The van der Waals surface area contributed by atoms with Crippen LogP contribution in [0.1, 0.15) is 97.1 Å². The number of likely N-dealkylation sites (tertiary alicyclic amines) is 1. The molecule has 284 valence electrons. The van der Waals surface area contributed by atoms with Crippen molar-refractivity contribution in [1.82, 2.24) is 29.4 Å². The maximum atomic E-state index is 14.7. The van der Waals surface area contributed by atoms with Gasteiger partial charge in [0.05, 0.1) is 30.5 Å². The third-order valence-electron chi connectivity index (χ3n) is 12.8. The highest BCUT2D eigenvalue weighted by molar-refractivity contribution is 5.87. The van der Waals surface area contributed by atoms with Gasteiger partial charge in [0.2, 0.25) is 5.91 Å². The van der Waals surface area contributed by atoms with Crippen molar-refractivity contribution in [3.63, 3.8) is 0 Å². The number of hydrogen-bond donors (Lipinski definition) is 1. The van der Waals surface area contributed by atoms with E-state index < -0.39 is 12.4 Å². The maximum absolute atomic E-state index is 14.7. The van der Waals surface area contributed by atoms with Crippen LogP contribution < -0.4 is 9.64 Å². The largest absolute Gasteiger partial charge is 0.490 e. The molecule has 3 aliphatic heterocycles. The van der Waals surface area contributed by atoms with E-state index in [1.165, 1.54) is 18.5 Å². The summed E-state index contributed by atoms with van der Waals surface area (Å²) >= 11 is 0. The fraction of sp³-hybridized carbons (Fsp3) is 0.512. The lowest BCUT2D eigenvalue weighted by atomic mass is 9.52. The summed E-state index contributed by atoms with van der Waals surface area (Å²) in [7, 11) is 1.79. The Morgan fingerprint density at radius 3 is 2.41 bits per heavy atom. The van der Waals surface area contributed by atoms with Crippen molar-refractivity contribution < 1.29 is 28.2 Å². The Balaban J connectivity index is 0.899. The first kappa shape index (κ1) is 35.0. The van der Waals surface area contributed by atoms with E-state index in [9.17, 15) is 18.4 Å². The summed E-state index contributed by atoms with van der Waals surface area (Å²) in [5, 5.41) is 18.7. The summed E-state index contributed by atoms with van der Waals surface area (Å²) in [4.78, 5) is 30.4. The molecule has 5 heterocycles. The van der Waals surface area contributed by atoms with Gasteiger partial charge in [-0.15, -0.1) is 0 Å². The number of rotatable bonds is 8. The molecule has 1 N–H and O–H groups in total. The van der Waals surface area contributed by atoms with Crippen LogP contribution in [0.15, 0.2) is 48.8 Å². The Labute approximate surface area is 313 Å². The number of aromatic carboxylic acids is 1. The Morgan fingerprint density at radius 2 is 1.74 bits per heavy atom. The number of piperidine rings is 1. The number of carboxylic acids is 1. The van der Waals surface area contributed by atoms with Crippen molar-refractivity contribution >= 4 is 23.4 Å². The van der Waals surface area contributed by atoms with Crippen LogP contribution in [0, 0.1) is 5.41 Å². The van der Waals surface area contributed by atoms with Crippen molar-refractivity contribution in [3.8, 4) is 16.9 Å². The molecule has 13 heteroatoms. The first-order valence-corrected chi connectivity index (χ1v) is 19.4.